The predicted molar refractivity (Wildman–Crippen MR) is 59.2 cm³/mol. The molecule has 0 bridgehead atoms. The fourth-order valence-corrected chi connectivity index (χ4v) is 1.46. The van der Waals surface area contributed by atoms with Crippen molar-refractivity contribution in [2.24, 2.45) is 0 Å². The van der Waals surface area contributed by atoms with Gasteiger partial charge in [0, 0.05) is 19.6 Å². The molecule has 0 rings (SSSR count). The number of likely N-dealkylation sites (N-methyl/N-ethyl adjacent to an activating group) is 1. The van der Waals surface area contributed by atoms with Crippen LogP contribution in [0.15, 0.2) is 0 Å². The highest BCUT2D eigenvalue weighted by molar-refractivity contribution is 5.85. The van der Waals surface area contributed by atoms with Crippen molar-refractivity contribution in [1.82, 2.24) is 9.80 Å². The van der Waals surface area contributed by atoms with E-state index in [1.54, 1.807) is 20.8 Å². The molecule has 0 aliphatic carbocycles. The standard InChI is InChI=1S/C10H20N2O4/c1-10(2,3)12(9(15)16)7(6-13)8(14)11(4)5/h7,13H,6H2,1-5H3,(H,15,16)/t7-/m0/s1. The normalized spacial score (nSPS) is 13.1. The second kappa shape index (κ2) is 5.16. The Kier molecular flexibility index (Phi) is 4.74. The molecule has 0 aromatic rings. The van der Waals surface area contributed by atoms with Crippen molar-refractivity contribution in [1.29, 1.82) is 0 Å². The van der Waals surface area contributed by atoms with Gasteiger partial charge in [-0.3, -0.25) is 9.69 Å². The first kappa shape index (κ1) is 14.7. The van der Waals surface area contributed by atoms with Crippen molar-refractivity contribution >= 4 is 12.0 Å². The summed E-state index contributed by atoms with van der Waals surface area (Å²) in [6, 6.07) is -1.06. The number of carbonyl (C=O) groups is 2. The molecule has 16 heavy (non-hydrogen) atoms. The molecule has 2 amide bonds. The zero-order chi connectivity index (χ0) is 13.1. The number of hydrogen-bond donors (Lipinski definition) is 2. The van der Waals surface area contributed by atoms with E-state index in [-0.39, 0.29) is 0 Å². The lowest BCUT2D eigenvalue weighted by molar-refractivity contribution is -0.137. The van der Waals surface area contributed by atoms with E-state index in [1.807, 2.05) is 0 Å². The van der Waals surface area contributed by atoms with Gasteiger partial charge in [0.1, 0.15) is 6.04 Å². The summed E-state index contributed by atoms with van der Waals surface area (Å²) in [4.78, 5) is 25.1. The molecule has 0 spiro atoms. The Bertz CT molecular complexity index is 270. The van der Waals surface area contributed by atoms with Crippen molar-refractivity contribution in [2.75, 3.05) is 20.7 Å². The fourth-order valence-electron chi connectivity index (χ4n) is 1.46. The van der Waals surface area contributed by atoms with Crippen LogP contribution in [0.2, 0.25) is 0 Å². The van der Waals surface area contributed by atoms with Gasteiger partial charge in [-0.05, 0) is 20.8 Å². The summed E-state index contributed by atoms with van der Waals surface area (Å²) >= 11 is 0. The van der Waals surface area contributed by atoms with E-state index in [1.165, 1.54) is 19.0 Å². The molecule has 1 atom stereocenters. The highest BCUT2D eigenvalue weighted by Gasteiger charge is 2.37. The zero-order valence-electron chi connectivity index (χ0n) is 10.4. The first-order chi connectivity index (χ1) is 7.12. The lowest BCUT2D eigenvalue weighted by atomic mass is 10.0. The molecule has 0 aromatic carbocycles. The average molecular weight is 232 g/mol. The predicted octanol–water partition coefficient (Wildman–Crippen LogP) is 0.214. The van der Waals surface area contributed by atoms with Crippen molar-refractivity contribution < 1.29 is 19.8 Å². The first-order valence-corrected chi connectivity index (χ1v) is 4.97. The average Bonchev–Trinajstić information content (AvgIpc) is 2.09. The van der Waals surface area contributed by atoms with Gasteiger partial charge in [-0.25, -0.2) is 4.79 Å². The van der Waals surface area contributed by atoms with Gasteiger partial charge in [-0.1, -0.05) is 0 Å². The Labute approximate surface area is 95.5 Å². The summed E-state index contributed by atoms with van der Waals surface area (Å²) in [7, 11) is 3.04. The molecule has 0 saturated carbocycles. The molecule has 0 aliphatic heterocycles. The third-order valence-corrected chi connectivity index (χ3v) is 2.14. The highest BCUT2D eigenvalue weighted by atomic mass is 16.4. The van der Waals surface area contributed by atoms with E-state index in [4.69, 9.17) is 5.11 Å². The largest absolute Gasteiger partial charge is 0.465 e. The van der Waals surface area contributed by atoms with Gasteiger partial charge in [-0.2, -0.15) is 0 Å². The number of aliphatic hydroxyl groups is 1. The van der Waals surface area contributed by atoms with Crippen molar-refractivity contribution in [3.05, 3.63) is 0 Å². The van der Waals surface area contributed by atoms with Crippen LogP contribution in [0.4, 0.5) is 4.79 Å². The SMILES string of the molecule is CN(C)C(=O)[C@H](CO)N(C(=O)O)C(C)(C)C. The molecule has 0 heterocycles. The molecule has 94 valence electrons. The lowest BCUT2D eigenvalue weighted by Gasteiger charge is -2.38. The van der Waals surface area contributed by atoms with Crippen molar-refractivity contribution in [2.45, 2.75) is 32.4 Å². The second-order valence-electron chi connectivity index (χ2n) is 4.75. The number of nitrogens with zero attached hydrogens (tertiary/aromatic N) is 2. The summed E-state index contributed by atoms with van der Waals surface area (Å²) in [5.74, 6) is -0.431. The molecule has 0 aliphatic rings. The van der Waals surface area contributed by atoms with E-state index in [9.17, 15) is 14.7 Å². The minimum atomic E-state index is -1.22. The highest BCUT2D eigenvalue weighted by Crippen LogP contribution is 2.18. The Morgan fingerprint density at radius 1 is 1.25 bits per heavy atom. The molecule has 0 saturated heterocycles. The number of carbonyl (C=O) groups excluding carboxylic acids is 1. The quantitative estimate of drug-likeness (QED) is 0.729. The van der Waals surface area contributed by atoms with E-state index >= 15 is 0 Å². The summed E-state index contributed by atoms with van der Waals surface area (Å²) < 4.78 is 0. The molecular weight excluding hydrogens is 212 g/mol. The van der Waals surface area contributed by atoms with Crippen molar-refractivity contribution in [3.63, 3.8) is 0 Å². The lowest BCUT2D eigenvalue weighted by Crippen LogP contribution is -2.58. The summed E-state index contributed by atoms with van der Waals surface area (Å²) in [6.45, 7) is 4.49. The molecule has 2 N–H and O–H groups in total. The maximum absolute atomic E-state index is 11.7. The van der Waals surface area contributed by atoms with Crippen LogP contribution in [0.25, 0.3) is 0 Å². The molecule has 0 fully saturated rings. The topological polar surface area (TPSA) is 81.1 Å². The minimum absolute atomic E-state index is 0.431. The van der Waals surface area contributed by atoms with Gasteiger partial charge < -0.3 is 15.1 Å². The Balaban J connectivity index is 5.17. The van der Waals surface area contributed by atoms with E-state index in [0.29, 0.717) is 0 Å². The van der Waals surface area contributed by atoms with E-state index in [2.05, 4.69) is 0 Å². The van der Waals surface area contributed by atoms with Gasteiger partial charge in [0.2, 0.25) is 5.91 Å². The Hall–Kier alpha value is -1.30. The van der Waals surface area contributed by atoms with Crippen LogP contribution < -0.4 is 0 Å². The number of aliphatic hydroxyl groups excluding tert-OH is 1. The van der Waals surface area contributed by atoms with Crippen LogP contribution >= 0.6 is 0 Å². The molecular formula is C10H20N2O4. The van der Waals surface area contributed by atoms with Crippen LogP contribution in [0, 0.1) is 0 Å². The van der Waals surface area contributed by atoms with Crippen LogP contribution in [0.5, 0.6) is 0 Å². The summed E-state index contributed by atoms with van der Waals surface area (Å²) in [6.07, 6.45) is -1.22. The fraction of sp³-hybridized carbons (Fsp3) is 0.800. The molecule has 6 nitrogen and oxygen atoms in total. The smallest absolute Gasteiger partial charge is 0.408 e. The maximum Gasteiger partial charge on any atom is 0.408 e. The number of hydrogen-bond acceptors (Lipinski definition) is 3. The third-order valence-electron chi connectivity index (χ3n) is 2.14. The molecule has 6 heteroatoms. The minimum Gasteiger partial charge on any atom is -0.465 e. The van der Waals surface area contributed by atoms with Gasteiger partial charge in [-0.15, -0.1) is 0 Å². The number of carboxylic acid groups (broad SMARTS) is 1. The second-order valence-corrected chi connectivity index (χ2v) is 4.75. The van der Waals surface area contributed by atoms with Crippen LogP contribution in [0.3, 0.4) is 0 Å². The monoisotopic (exact) mass is 232 g/mol. The molecule has 0 unspecified atom stereocenters. The van der Waals surface area contributed by atoms with Gasteiger partial charge in [0.25, 0.3) is 0 Å². The van der Waals surface area contributed by atoms with Crippen LogP contribution in [0.1, 0.15) is 20.8 Å². The number of amides is 2. The third kappa shape index (κ3) is 3.37. The number of rotatable bonds is 3. The zero-order valence-corrected chi connectivity index (χ0v) is 10.4. The van der Waals surface area contributed by atoms with Gasteiger partial charge in [0.05, 0.1) is 6.61 Å². The van der Waals surface area contributed by atoms with E-state index < -0.39 is 30.2 Å². The summed E-state index contributed by atoms with van der Waals surface area (Å²) in [5, 5.41) is 18.3. The van der Waals surface area contributed by atoms with Gasteiger partial charge in [0.15, 0.2) is 0 Å². The van der Waals surface area contributed by atoms with E-state index in [0.717, 1.165) is 4.90 Å². The Morgan fingerprint density at radius 2 is 1.69 bits per heavy atom. The Morgan fingerprint density at radius 3 is 1.88 bits per heavy atom. The first-order valence-electron chi connectivity index (χ1n) is 4.97. The van der Waals surface area contributed by atoms with Crippen LogP contribution in [-0.2, 0) is 4.79 Å². The van der Waals surface area contributed by atoms with Crippen molar-refractivity contribution in [3.8, 4) is 0 Å². The van der Waals surface area contributed by atoms with Gasteiger partial charge >= 0.3 is 6.09 Å². The van der Waals surface area contributed by atoms with Crippen LogP contribution in [-0.4, -0.2) is 64.3 Å². The molecule has 0 aromatic heterocycles. The maximum atomic E-state index is 11.7. The summed E-state index contributed by atoms with van der Waals surface area (Å²) in [5.41, 5.74) is -0.745. The molecule has 0 radical (unpaired) electrons.